The lowest BCUT2D eigenvalue weighted by Crippen LogP contribution is -2.13. The maximum atomic E-state index is 12.1. The molecule has 0 saturated heterocycles. The van der Waals surface area contributed by atoms with Crippen LogP contribution < -0.4 is 5.32 Å². The minimum atomic E-state index is -3.08. The van der Waals surface area contributed by atoms with Gasteiger partial charge in [-0.1, -0.05) is 12.1 Å². The predicted molar refractivity (Wildman–Crippen MR) is 79.8 cm³/mol. The lowest BCUT2D eigenvalue weighted by Gasteiger charge is -2.07. The molecule has 2 aromatic rings. The van der Waals surface area contributed by atoms with Gasteiger partial charge in [0.05, 0.1) is 5.75 Å². The molecule has 0 spiro atoms. The van der Waals surface area contributed by atoms with E-state index in [-0.39, 0.29) is 11.7 Å². The number of carbonyl (C=O) groups is 1. The SMILES string of the molecule is Cc1cc(CS(C)(=O)=O)ccc1C(=O)Nc1nccs1. The third-order valence-electron chi connectivity index (χ3n) is 2.62. The summed E-state index contributed by atoms with van der Waals surface area (Å²) in [6, 6.07) is 5.02. The number of thiazole rings is 1. The molecule has 1 aromatic heterocycles. The van der Waals surface area contributed by atoms with Crippen molar-refractivity contribution in [2.75, 3.05) is 11.6 Å². The zero-order valence-corrected chi connectivity index (χ0v) is 12.7. The summed E-state index contributed by atoms with van der Waals surface area (Å²) in [6.07, 6.45) is 2.80. The Morgan fingerprint density at radius 3 is 2.70 bits per heavy atom. The topological polar surface area (TPSA) is 76.1 Å². The monoisotopic (exact) mass is 310 g/mol. The van der Waals surface area contributed by atoms with Gasteiger partial charge in [0.15, 0.2) is 15.0 Å². The first-order valence-electron chi connectivity index (χ1n) is 5.83. The molecule has 0 radical (unpaired) electrons. The average Bonchev–Trinajstić information content (AvgIpc) is 2.79. The van der Waals surface area contributed by atoms with Crippen LogP contribution in [0, 0.1) is 6.92 Å². The normalized spacial score (nSPS) is 11.3. The van der Waals surface area contributed by atoms with Crippen LogP contribution >= 0.6 is 11.3 Å². The molecule has 1 heterocycles. The summed E-state index contributed by atoms with van der Waals surface area (Å²) in [5.41, 5.74) is 1.92. The van der Waals surface area contributed by atoms with E-state index < -0.39 is 9.84 Å². The molecule has 1 amide bonds. The molecular weight excluding hydrogens is 296 g/mol. The number of hydrogen-bond acceptors (Lipinski definition) is 5. The van der Waals surface area contributed by atoms with Crippen molar-refractivity contribution < 1.29 is 13.2 Å². The molecule has 7 heteroatoms. The minimum Gasteiger partial charge on any atom is -0.298 e. The molecule has 0 unspecified atom stereocenters. The number of rotatable bonds is 4. The second kappa shape index (κ2) is 5.72. The first-order chi connectivity index (χ1) is 9.35. The third-order valence-corrected chi connectivity index (χ3v) is 4.16. The Labute approximate surface area is 121 Å². The predicted octanol–water partition coefficient (Wildman–Crippen LogP) is 2.25. The van der Waals surface area contributed by atoms with Gasteiger partial charge in [-0.05, 0) is 24.1 Å². The zero-order valence-electron chi connectivity index (χ0n) is 11.1. The van der Waals surface area contributed by atoms with Crippen molar-refractivity contribution in [2.24, 2.45) is 0 Å². The quantitative estimate of drug-likeness (QED) is 0.939. The summed E-state index contributed by atoms with van der Waals surface area (Å²) >= 11 is 1.34. The number of aryl methyl sites for hydroxylation is 1. The summed E-state index contributed by atoms with van der Waals surface area (Å²) in [6.45, 7) is 1.78. The van der Waals surface area contributed by atoms with Crippen LogP contribution in [0.4, 0.5) is 5.13 Å². The van der Waals surface area contributed by atoms with E-state index in [1.165, 1.54) is 17.6 Å². The van der Waals surface area contributed by atoms with Gasteiger partial charge in [-0.3, -0.25) is 10.1 Å². The summed E-state index contributed by atoms with van der Waals surface area (Å²) in [4.78, 5) is 16.1. The van der Waals surface area contributed by atoms with Crippen molar-refractivity contribution in [2.45, 2.75) is 12.7 Å². The van der Waals surface area contributed by atoms with Crippen molar-refractivity contribution in [3.63, 3.8) is 0 Å². The van der Waals surface area contributed by atoms with Crippen LogP contribution in [-0.4, -0.2) is 25.6 Å². The number of carbonyl (C=O) groups excluding carboxylic acids is 1. The van der Waals surface area contributed by atoms with Crippen LogP contribution in [0.3, 0.4) is 0 Å². The molecule has 0 aliphatic heterocycles. The Morgan fingerprint density at radius 1 is 1.40 bits per heavy atom. The van der Waals surface area contributed by atoms with E-state index in [4.69, 9.17) is 0 Å². The van der Waals surface area contributed by atoms with Gasteiger partial charge >= 0.3 is 0 Å². The van der Waals surface area contributed by atoms with Gasteiger partial charge in [-0.25, -0.2) is 13.4 Å². The van der Waals surface area contributed by atoms with E-state index in [2.05, 4.69) is 10.3 Å². The first-order valence-corrected chi connectivity index (χ1v) is 8.77. The summed E-state index contributed by atoms with van der Waals surface area (Å²) in [7, 11) is -3.08. The highest BCUT2D eigenvalue weighted by Crippen LogP contribution is 2.16. The number of aromatic nitrogens is 1. The van der Waals surface area contributed by atoms with Crippen molar-refractivity contribution >= 4 is 32.2 Å². The summed E-state index contributed by atoms with van der Waals surface area (Å²) in [5, 5.41) is 5.01. The average molecular weight is 310 g/mol. The molecule has 0 saturated carbocycles. The van der Waals surface area contributed by atoms with Gasteiger partial charge in [-0.2, -0.15) is 0 Å². The lowest BCUT2D eigenvalue weighted by molar-refractivity contribution is 0.102. The van der Waals surface area contributed by atoms with Gasteiger partial charge in [0, 0.05) is 23.4 Å². The number of sulfone groups is 1. The minimum absolute atomic E-state index is 0.0256. The highest BCUT2D eigenvalue weighted by molar-refractivity contribution is 7.89. The Bertz CT molecular complexity index is 722. The highest BCUT2D eigenvalue weighted by Gasteiger charge is 2.12. The number of nitrogens with one attached hydrogen (secondary N) is 1. The molecule has 0 aliphatic rings. The molecule has 5 nitrogen and oxygen atoms in total. The van der Waals surface area contributed by atoms with Crippen LogP contribution in [0.15, 0.2) is 29.8 Å². The molecular formula is C13H14N2O3S2. The molecule has 0 fully saturated rings. The van der Waals surface area contributed by atoms with Crippen LogP contribution in [0.25, 0.3) is 0 Å². The third kappa shape index (κ3) is 3.88. The smallest absolute Gasteiger partial charge is 0.257 e. The van der Waals surface area contributed by atoms with Gasteiger partial charge < -0.3 is 0 Å². The van der Waals surface area contributed by atoms with Gasteiger partial charge in [0.1, 0.15) is 0 Å². The molecule has 1 aromatic carbocycles. The zero-order chi connectivity index (χ0) is 14.8. The fraction of sp³-hybridized carbons (Fsp3) is 0.231. The van der Waals surface area contributed by atoms with E-state index in [1.807, 2.05) is 0 Å². The van der Waals surface area contributed by atoms with E-state index >= 15 is 0 Å². The summed E-state index contributed by atoms with van der Waals surface area (Å²) < 4.78 is 22.5. The Kier molecular flexibility index (Phi) is 4.20. The van der Waals surface area contributed by atoms with Crippen LogP contribution in [0.1, 0.15) is 21.5 Å². The molecule has 0 atom stereocenters. The Hall–Kier alpha value is -1.73. The van der Waals surface area contributed by atoms with E-state index in [1.54, 1.807) is 36.7 Å². The van der Waals surface area contributed by atoms with Crippen LogP contribution in [0.5, 0.6) is 0 Å². The maximum Gasteiger partial charge on any atom is 0.257 e. The molecule has 0 aliphatic carbocycles. The van der Waals surface area contributed by atoms with Crippen LogP contribution in [0.2, 0.25) is 0 Å². The lowest BCUT2D eigenvalue weighted by atomic mass is 10.1. The number of nitrogens with zero attached hydrogens (tertiary/aromatic N) is 1. The second-order valence-corrected chi connectivity index (χ2v) is 7.55. The Balaban J connectivity index is 2.19. The van der Waals surface area contributed by atoms with Gasteiger partial charge in [0.2, 0.25) is 0 Å². The number of amides is 1. The van der Waals surface area contributed by atoms with E-state index in [0.717, 1.165) is 5.56 Å². The first kappa shape index (κ1) is 14.7. The standard InChI is InChI=1S/C13H14N2O3S2/c1-9-7-10(8-20(2,17)18)3-4-11(9)12(16)15-13-14-5-6-19-13/h3-7H,8H2,1-2H3,(H,14,15,16). The van der Waals surface area contributed by atoms with Crippen molar-refractivity contribution in [1.29, 1.82) is 0 Å². The number of anilines is 1. The van der Waals surface area contributed by atoms with E-state index in [9.17, 15) is 13.2 Å². The van der Waals surface area contributed by atoms with E-state index in [0.29, 0.717) is 16.3 Å². The Morgan fingerprint density at radius 2 is 2.15 bits per heavy atom. The fourth-order valence-electron chi connectivity index (χ4n) is 1.82. The maximum absolute atomic E-state index is 12.1. The molecule has 106 valence electrons. The number of benzene rings is 1. The molecule has 20 heavy (non-hydrogen) atoms. The van der Waals surface area contributed by atoms with Crippen molar-refractivity contribution in [3.05, 3.63) is 46.5 Å². The largest absolute Gasteiger partial charge is 0.298 e. The van der Waals surface area contributed by atoms with Gasteiger partial charge in [-0.15, -0.1) is 11.3 Å². The molecule has 0 bridgehead atoms. The van der Waals surface area contributed by atoms with Gasteiger partial charge in [0.25, 0.3) is 5.91 Å². The van der Waals surface area contributed by atoms with Crippen molar-refractivity contribution in [1.82, 2.24) is 4.98 Å². The summed E-state index contributed by atoms with van der Waals surface area (Å²) in [5.74, 6) is -0.272. The molecule has 1 N–H and O–H groups in total. The number of hydrogen-bond donors (Lipinski definition) is 1. The highest BCUT2D eigenvalue weighted by atomic mass is 32.2. The van der Waals surface area contributed by atoms with Crippen LogP contribution in [-0.2, 0) is 15.6 Å². The van der Waals surface area contributed by atoms with Crippen molar-refractivity contribution in [3.8, 4) is 0 Å². The second-order valence-electron chi connectivity index (χ2n) is 4.51. The fourth-order valence-corrected chi connectivity index (χ4v) is 3.13. The molecule has 2 rings (SSSR count).